The van der Waals surface area contributed by atoms with E-state index >= 15 is 0 Å². The fraction of sp³-hybridized carbons (Fsp3) is 0.423. The molecular weight excluding hydrogens is 476 g/mol. The number of rotatable bonds is 5. The molecule has 1 fully saturated rings. The number of nitrogens with one attached hydrogen (secondary N) is 1. The Morgan fingerprint density at radius 1 is 1.26 bits per heavy atom. The van der Waals surface area contributed by atoms with Gasteiger partial charge in [-0.1, -0.05) is 24.8 Å². The number of fused-ring (bicyclic) bond motifs is 2. The highest BCUT2D eigenvalue weighted by atomic mass is 32.2. The van der Waals surface area contributed by atoms with Crippen LogP contribution < -0.4 is 5.32 Å². The number of aromatic nitrogens is 3. The minimum atomic E-state index is 0.132. The summed E-state index contributed by atoms with van der Waals surface area (Å²) in [6.45, 7) is 6.40. The summed E-state index contributed by atoms with van der Waals surface area (Å²) in [5, 5.41) is 8.90. The number of epoxide rings is 1. The van der Waals surface area contributed by atoms with E-state index in [1.54, 1.807) is 0 Å². The Morgan fingerprint density at radius 3 is 2.77 bits per heavy atom. The van der Waals surface area contributed by atoms with Crippen LogP contribution in [-0.2, 0) is 4.74 Å². The molecule has 5 heterocycles. The number of pyridine rings is 1. The largest absolute Gasteiger partial charge is 0.353 e. The van der Waals surface area contributed by atoms with Crippen LogP contribution in [0.2, 0.25) is 0 Å². The van der Waals surface area contributed by atoms with Crippen molar-refractivity contribution in [3.8, 4) is 11.3 Å². The van der Waals surface area contributed by atoms with Crippen LogP contribution in [0, 0.1) is 12.8 Å². The number of allylic oxidation sites excluding steroid dienone is 4. The van der Waals surface area contributed by atoms with Gasteiger partial charge < -0.3 is 9.64 Å². The molecule has 35 heavy (non-hydrogen) atoms. The summed E-state index contributed by atoms with van der Waals surface area (Å²) in [5.74, 6) is 1.25. The van der Waals surface area contributed by atoms with E-state index in [0.717, 1.165) is 29.1 Å². The fourth-order valence-electron chi connectivity index (χ4n) is 4.85. The van der Waals surface area contributed by atoms with Gasteiger partial charge in [0.25, 0.3) is 0 Å². The average Bonchev–Trinajstić information content (AvgIpc) is 3.26. The minimum absolute atomic E-state index is 0.132. The molecule has 1 N–H and O–H groups in total. The van der Waals surface area contributed by atoms with Gasteiger partial charge in [-0.05, 0) is 44.1 Å². The molecule has 4 aliphatic rings. The Kier molecular flexibility index (Phi) is 5.91. The predicted molar refractivity (Wildman–Crippen MR) is 145 cm³/mol. The number of ether oxygens (including phenoxy) is 1. The topological polar surface area (TPSA) is 70.9 Å². The molecule has 3 aliphatic heterocycles. The van der Waals surface area contributed by atoms with E-state index in [2.05, 4.69) is 70.1 Å². The van der Waals surface area contributed by atoms with Crippen molar-refractivity contribution in [1.82, 2.24) is 25.0 Å². The number of thioether (sulfide) groups is 2. The van der Waals surface area contributed by atoms with Crippen molar-refractivity contribution in [3.63, 3.8) is 0 Å². The van der Waals surface area contributed by atoms with Crippen LogP contribution in [0.25, 0.3) is 21.9 Å². The van der Waals surface area contributed by atoms with Crippen LogP contribution in [0.5, 0.6) is 0 Å². The maximum Gasteiger partial charge on any atom is 0.137 e. The van der Waals surface area contributed by atoms with E-state index in [9.17, 15) is 0 Å². The molecule has 1 saturated heterocycles. The van der Waals surface area contributed by atoms with E-state index in [-0.39, 0.29) is 17.8 Å². The molecule has 6 rings (SSSR count). The Hall–Kier alpha value is -2.33. The Morgan fingerprint density at radius 2 is 2.09 bits per heavy atom. The maximum absolute atomic E-state index is 5.66. The molecule has 4 atom stereocenters. The highest BCUT2D eigenvalue weighted by Gasteiger charge is 2.43. The predicted octanol–water partition coefficient (Wildman–Crippen LogP) is 4.83. The first-order valence-corrected chi connectivity index (χ1v) is 13.9. The molecule has 0 saturated carbocycles. The van der Waals surface area contributed by atoms with E-state index in [0.29, 0.717) is 5.92 Å². The van der Waals surface area contributed by atoms with E-state index in [1.807, 2.05) is 49.9 Å². The van der Waals surface area contributed by atoms with Gasteiger partial charge in [0.15, 0.2) is 0 Å². The van der Waals surface area contributed by atoms with Crippen molar-refractivity contribution in [2.75, 3.05) is 19.8 Å². The van der Waals surface area contributed by atoms with Gasteiger partial charge in [0.2, 0.25) is 0 Å². The van der Waals surface area contributed by atoms with Crippen LogP contribution in [0.1, 0.15) is 31.7 Å². The summed E-state index contributed by atoms with van der Waals surface area (Å²) in [7, 11) is 4.01. The van der Waals surface area contributed by atoms with Gasteiger partial charge in [-0.25, -0.2) is 4.68 Å². The maximum atomic E-state index is 5.66. The Bertz CT molecular complexity index is 1290. The molecule has 0 radical (unpaired) electrons. The molecule has 0 bridgehead atoms. The van der Waals surface area contributed by atoms with Crippen molar-refractivity contribution in [3.05, 3.63) is 53.1 Å². The molecule has 0 aromatic carbocycles. The van der Waals surface area contributed by atoms with Crippen molar-refractivity contribution >= 4 is 40.3 Å². The summed E-state index contributed by atoms with van der Waals surface area (Å²) in [6, 6.07) is 4.20. The minimum Gasteiger partial charge on any atom is -0.353 e. The van der Waals surface area contributed by atoms with Gasteiger partial charge in [0.1, 0.15) is 17.4 Å². The monoisotopic (exact) mass is 506 g/mol. The summed E-state index contributed by atoms with van der Waals surface area (Å²) in [6.07, 6.45) is 9.66. The highest BCUT2D eigenvalue weighted by molar-refractivity contribution is 8.09. The zero-order valence-electron chi connectivity index (χ0n) is 20.6. The molecule has 4 unspecified atom stereocenters. The third-order valence-corrected chi connectivity index (χ3v) is 9.37. The molecule has 1 aliphatic carbocycles. The Balaban J connectivity index is 1.47. The molecule has 9 heteroatoms. The van der Waals surface area contributed by atoms with E-state index in [4.69, 9.17) is 9.84 Å². The van der Waals surface area contributed by atoms with Crippen molar-refractivity contribution in [2.45, 2.75) is 49.9 Å². The standard InChI is InChI=1S/C26H30N6OS2/c1-14-10-17(11-27-4)7-9-19(14)32-22-23-20(31(5)26(35-23)29-25-16(3)33-25)13-34-24(22)21(30-32)18-8-6-15(2)28-12-18/h6-9,11-12,14,16,25-26,29H,10,13H2,1-5H3. The SMILES string of the molecule is CN=CC1=CC=C(n2nc(-c3ccc(C)nc3)c3c2C2=C(CS3)N(C)C(NC3OC3C)S2)C(C)C1. The van der Waals surface area contributed by atoms with Crippen molar-refractivity contribution < 1.29 is 4.74 Å². The van der Waals surface area contributed by atoms with Crippen LogP contribution >= 0.6 is 23.5 Å². The number of aliphatic imine (C=N–C) groups is 1. The van der Waals surface area contributed by atoms with Crippen LogP contribution in [0.15, 0.2) is 51.6 Å². The quantitative estimate of drug-likeness (QED) is 0.460. The second kappa shape index (κ2) is 8.96. The fourth-order valence-corrected chi connectivity index (χ4v) is 7.62. The zero-order chi connectivity index (χ0) is 24.3. The molecule has 0 spiro atoms. The molecule has 2 aromatic heterocycles. The summed E-state index contributed by atoms with van der Waals surface area (Å²) in [4.78, 5) is 13.7. The zero-order valence-corrected chi connectivity index (χ0v) is 22.3. The van der Waals surface area contributed by atoms with Gasteiger partial charge in [0, 0.05) is 60.8 Å². The summed E-state index contributed by atoms with van der Waals surface area (Å²) in [5.41, 5.74) is 8.26. The lowest BCUT2D eigenvalue weighted by Crippen LogP contribution is -2.40. The molecular formula is C26H30N6OS2. The molecule has 7 nitrogen and oxygen atoms in total. The van der Waals surface area contributed by atoms with Gasteiger partial charge >= 0.3 is 0 Å². The third kappa shape index (κ3) is 4.08. The number of nitrogens with zero attached hydrogens (tertiary/aromatic N) is 5. The lowest BCUT2D eigenvalue weighted by atomic mass is 9.93. The van der Waals surface area contributed by atoms with Gasteiger partial charge in [-0.3, -0.25) is 15.3 Å². The van der Waals surface area contributed by atoms with E-state index in [1.165, 1.54) is 32.5 Å². The normalized spacial score (nSPS) is 27.7. The molecule has 0 amide bonds. The van der Waals surface area contributed by atoms with Gasteiger partial charge in [-0.15, -0.1) is 11.8 Å². The first kappa shape index (κ1) is 23.1. The van der Waals surface area contributed by atoms with Gasteiger partial charge in [-0.2, -0.15) is 5.10 Å². The number of hydrogen-bond donors (Lipinski definition) is 1. The second-order valence-electron chi connectivity index (χ2n) is 9.53. The van der Waals surface area contributed by atoms with Crippen LogP contribution in [0.4, 0.5) is 0 Å². The molecule has 182 valence electrons. The van der Waals surface area contributed by atoms with Crippen LogP contribution in [-0.4, -0.2) is 63.6 Å². The smallest absolute Gasteiger partial charge is 0.137 e. The highest BCUT2D eigenvalue weighted by Crippen LogP contribution is 2.53. The lowest BCUT2D eigenvalue weighted by Gasteiger charge is -2.25. The van der Waals surface area contributed by atoms with Crippen LogP contribution in [0.3, 0.4) is 0 Å². The average molecular weight is 507 g/mol. The summed E-state index contributed by atoms with van der Waals surface area (Å²) < 4.78 is 7.86. The number of hydrogen-bond acceptors (Lipinski definition) is 8. The Labute approximate surface area is 214 Å². The lowest BCUT2D eigenvalue weighted by molar-refractivity contribution is 0.289. The first-order valence-electron chi connectivity index (χ1n) is 12.0. The van der Waals surface area contributed by atoms with Crippen molar-refractivity contribution in [1.29, 1.82) is 0 Å². The molecule has 2 aromatic rings. The first-order chi connectivity index (χ1) is 16.9. The number of aryl methyl sites for hydroxylation is 1. The third-order valence-electron chi connectivity index (χ3n) is 6.94. The second-order valence-corrected chi connectivity index (χ2v) is 11.6. The van der Waals surface area contributed by atoms with Crippen molar-refractivity contribution in [2.24, 2.45) is 10.9 Å². The summed E-state index contributed by atoms with van der Waals surface area (Å²) >= 11 is 3.76. The van der Waals surface area contributed by atoms with E-state index < -0.39 is 0 Å². The van der Waals surface area contributed by atoms with Gasteiger partial charge in [0.05, 0.1) is 21.6 Å².